The van der Waals surface area contributed by atoms with Gasteiger partial charge in [0.25, 0.3) is 0 Å². The summed E-state index contributed by atoms with van der Waals surface area (Å²) < 4.78 is 39.4. The number of alkyl halides is 3. The van der Waals surface area contributed by atoms with Gasteiger partial charge in [-0.15, -0.1) is 0 Å². The summed E-state index contributed by atoms with van der Waals surface area (Å²) in [5.74, 6) is -0.154. The van der Waals surface area contributed by atoms with Crippen molar-refractivity contribution in [2.75, 3.05) is 19.6 Å². The lowest BCUT2D eigenvalue weighted by Gasteiger charge is -2.34. The highest BCUT2D eigenvalue weighted by Crippen LogP contribution is 2.36. The van der Waals surface area contributed by atoms with Crippen LogP contribution in [-0.2, 0) is 11.0 Å². The van der Waals surface area contributed by atoms with E-state index in [-0.39, 0.29) is 17.9 Å². The molecule has 0 radical (unpaired) electrons. The first-order chi connectivity index (χ1) is 11.4. The Morgan fingerprint density at radius 1 is 1.38 bits per heavy atom. The number of nitrogens with one attached hydrogen (secondary N) is 2. The molecular formula is C17H22F3N3O. The van der Waals surface area contributed by atoms with Crippen molar-refractivity contribution in [3.63, 3.8) is 0 Å². The molecule has 2 fully saturated rings. The number of nitrogens with zero attached hydrogens (tertiary/aromatic N) is 1. The minimum atomic E-state index is -4.40. The van der Waals surface area contributed by atoms with Gasteiger partial charge in [-0.25, -0.2) is 0 Å². The molecule has 24 heavy (non-hydrogen) atoms. The summed E-state index contributed by atoms with van der Waals surface area (Å²) in [5, 5.41) is 0. The van der Waals surface area contributed by atoms with Crippen molar-refractivity contribution < 1.29 is 18.0 Å². The van der Waals surface area contributed by atoms with Crippen molar-refractivity contribution in [1.82, 2.24) is 15.8 Å². The number of carbonyl (C=O) groups is 1. The molecule has 3 rings (SSSR count). The summed E-state index contributed by atoms with van der Waals surface area (Å²) in [7, 11) is 0. The van der Waals surface area contributed by atoms with E-state index in [4.69, 9.17) is 0 Å². The summed E-state index contributed by atoms with van der Waals surface area (Å²) in [6, 6.07) is 5.91. The Labute approximate surface area is 139 Å². The molecule has 0 spiro atoms. The largest absolute Gasteiger partial charge is 0.416 e. The van der Waals surface area contributed by atoms with E-state index in [1.54, 1.807) is 17.9 Å². The minimum Gasteiger partial charge on any atom is -0.342 e. The van der Waals surface area contributed by atoms with Gasteiger partial charge >= 0.3 is 6.18 Å². The van der Waals surface area contributed by atoms with Crippen LogP contribution < -0.4 is 10.9 Å². The average Bonchev–Trinajstić information content (AvgIpc) is 3.01. The molecule has 0 aliphatic carbocycles. The van der Waals surface area contributed by atoms with E-state index in [1.807, 2.05) is 0 Å². The van der Waals surface area contributed by atoms with Gasteiger partial charge in [-0.1, -0.05) is 25.1 Å². The first-order valence-corrected chi connectivity index (χ1v) is 8.28. The van der Waals surface area contributed by atoms with Crippen LogP contribution in [0.1, 0.15) is 36.8 Å². The number of hydrogen-bond donors (Lipinski definition) is 2. The zero-order valence-corrected chi connectivity index (χ0v) is 13.6. The van der Waals surface area contributed by atoms with Crippen LogP contribution in [0.25, 0.3) is 0 Å². The Kier molecular flexibility index (Phi) is 4.83. The van der Waals surface area contributed by atoms with Crippen molar-refractivity contribution in [3.05, 3.63) is 35.4 Å². The number of hydrogen-bond acceptors (Lipinski definition) is 3. The van der Waals surface area contributed by atoms with Crippen LogP contribution in [0.3, 0.4) is 0 Å². The van der Waals surface area contributed by atoms with Gasteiger partial charge in [-0.05, 0) is 24.0 Å². The second kappa shape index (κ2) is 6.72. The van der Waals surface area contributed by atoms with Gasteiger partial charge < -0.3 is 4.90 Å². The maximum Gasteiger partial charge on any atom is 0.416 e. The van der Waals surface area contributed by atoms with Gasteiger partial charge in [0, 0.05) is 38.0 Å². The van der Waals surface area contributed by atoms with Gasteiger partial charge in [0.15, 0.2) is 0 Å². The van der Waals surface area contributed by atoms with Crippen LogP contribution in [0.15, 0.2) is 24.3 Å². The molecular weight excluding hydrogens is 319 g/mol. The van der Waals surface area contributed by atoms with Crippen molar-refractivity contribution >= 4 is 5.91 Å². The molecule has 0 bridgehead atoms. The summed E-state index contributed by atoms with van der Waals surface area (Å²) in [6.45, 7) is 3.83. The number of carbonyl (C=O) groups excluding carboxylic acids is 1. The smallest absolute Gasteiger partial charge is 0.342 e. The highest BCUT2D eigenvalue weighted by atomic mass is 19.4. The highest BCUT2D eigenvalue weighted by molar-refractivity contribution is 5.77. The summed E-state index contributed by atoms with van der Waals surface area (Å²) in [6.07, 6.45) is -3.42. The normalized spacial score (nSPS) is 25.4. The molecule has 1 aromatic rings. The first kappa shape index (κ1) is 17.2. The third-order valence-corrected chi connectivity index (χ3v) is 5.02. The molecule has 132 valence electrons. The fraction of sp³-hybridized carbons (Fsp3) is 0.588. The zero-order chi connectivity index (χ0) is 17.3. The maximum atomic E-state index is 13.1. The predicted octanol–water partition coefficient (Wildman–Crippen LogP) is 2.52. The zero-order valence-electron chi connectivity index (χ0n) is 13.6. The first-order valence-electron chi connectivity index (χ1n) is 8.28. The number of benzene rings is 1. The monoisotopic (exact) mass is 341 g/mol. The second-order valence-electron chi connectivity index (χ2n) is 6.71. The number of amides is 1. The third kappa shape index (κ3) is 3.57. The number of rotatable bonds is 3. The number of fused-ring (bicyclic) bond motifs is 1. The van der Waals surface area contributed by atoms with Crippen molar-refractivity contribution in [1.29, 1.82) is 0 Å². The Morgan fingerprint density at radius 2 is 2.12 bits per heavy atom. The summed E-state index contributed by atoms with van der Waals surface area (Å²) in [5.41, 5.74) is 5.84. The lowest BCUT2D eigenvalue weighted by atomic mass is 9.90. The standard InChI is InChI=1S/C17H22F3N3O/c1-11(13-4-2-3-5-14(13)17(18,19)20)8-16(24)23-7-6-15-12(10-23)9-21-22-15/h2-5,11-12,15,21-22H,6-10H2,1H3. The van der Waals surface area contributed by atoms with Crippen LogP contribution in [0, 0.1) is 5.92 Å². The Bertz CT molecular complexity index is 605. The van der Waals surface area contributed by atoms with Crippen LogP contribution in [-0.4, -0.2) is 36.5 Å². The average molecular weight is 341 g/mol. The molecule has 4 nitrogen and oxygen atoms in total. The van der Waals surface area contributed by atoms with Crippen LogP contribution in [0.5, 0.6) is 0 Å². The summed E-state index contributed by atoms with van der Waals surface area (Å²) in [4.78, 5) is 14.3. The van der Waals surface area contributed by atoms with E-state index in [2.05, 4.69) is 10.9 Å². The number of likely N-dealkylation sites (tertiary alicyclic amines) is 1. The van der Waals surface area contributed by atoms with E-state index in [0.29, 0.717) is 25.0 Å². The molecule has 2 heterocycles. The van der Waals surface area contributed by atoms with Gasteiger partial charge in [-0.3, -0.25) is 15.6 Å². The molecule has 7 heteroatoms. The van der Waals surface area contributed by atoms with Gasteiger partial charge in [0.2, 0.25) is 5.91 Å². The van der Waals surface area contributed by atoms with Crippen LogP contribution in [0.4, 0.5) is 13.2 Å². The molecule has 3 unspecified atom stereocenters. The van der Waals surface area contributed by atoms with E-state index in [1.165, 1.54) is 12.1 Å². The molecule has 0 saturated carbocycles. The third-order valence-electron chi connectivity index (χ3n) is 5.02. The molecule has 2 N–H and O–H groups in total. The summed E-state index contributed by atoms with van der Waals surface area (Å²) >= 11 is 0. The fourth-order valence-corrected chi connectivity index (χ4v) is 3.66. The minimum absolute atomic E-state index is 0.0650. The Balaban J connectivity index is 1.67. The molecule has 2 saturated heterocycles. The lowest BCUT2D eigenvalue weighted by Crippen LogP contribution is -2.47. The number of halogens is 3. The van der Waals surface area contributed by atoms with Crippen LogP contribution >= 0.6 is 0 Å². The molecule has 3 atom stereocenters. The van der Waals surface area contributed by atoms with Gasteiger partial charge in [0.05, 0.1) is 5.56 Å². The molecule has 2 aliphatic heterocycles. The quantitative estimate of drug-likeness (QED) is 0.888. The fourth-order valence-electron chi connectivity index (χ4n) is 3.66. The van der Waals surface area contributed by atoms with E-state index >= 15 is 0 Å². The topological polar surface area (TPSA) is 44.4 Å². The van der Waals surface area contributed by atoms with Crippen molar-refractivity contribution in [2.45, 2.75) is 37.9 Å². The van der Waals surface area contributed by atoms with E-state index < -0.39 is 17.7 Å². The number of hydrazine groups is 1. The van der Waals surface area contributed by atoms with Crippen LogP contribution in [0.2, 0.25) is 0 Å². The SMILES string of the molecule is CC(CC(=O)N1CCC2NNCC2C1)c1ccccc1C(F)(F)F. The van der Waals surface area contributed by atoms with Crippen molar-refractivity contribution in [2.24, 2.45) is 5.92 Å². The van der Waals surface area contributed by atoms with E-state index in [0.717, 1.165) is 19.0 Å². The lowest BCUT2D eigenvalue weighted by molar-refractivity contribution is -0.139. The van der Waals surface area contributed by atoms with Gasteiger partial charge in [-0.2, -0.15) is 13.2 Å². The molecule has 0 aromatic heterocycles. The Morgan fingerprint density at radius 3 is 2.88 bits per heavy atom. The highest BCUT2D eigenvalue weighted by Gasteiger charge is 2.36. The molecule has 1 aromatic carbocycles. The predicted molar refractivity (Wildman–Crippen MR) is 84.1 cm³/mol. The molecule has 1 amide bonds. The maximum absolute atomic E-state index is 13.1. The second-order valence-corrected chi connectivity index (χ2v) is 6.71. The van der Waals surface area contributed by atoms with Crippen molar-refractivity contribution in [3.8, 4) is 0 Å². The Hall–Kier alpha value is -1.60. The number of piperidine rings is 1. The molecule has 2 aliphatic rings. The van der Waals surface area contributed by atoms with Gasteiger partial charge in [0.1, 0.15) is 0 Å². The van der Waals surface area contributed by atoms with E-state index in [9.17, 15) is 18.0 Å².